The van der Waals surface area contributed by atoms with Crippen LogP contribution in [0.2, 0.25) is 0 Å². The number of nitrogens with zero attached hydrogens (tertiary/aromatic N) is 2. The van der Waals surface area contributed by atoms with Gasteiger partial charge in [0.25, 0.3) is 5.56 Å². The van der Waals surface area contributed by atoms with Crippen LogP contribution >= 0.6 is 23.1 Å². The Hall–Kier alpha value is -2.16. The van der Waals surface area contributed by atoms with E-state index in [0.29, 0.717) is 24.9 Å². The predicted octanol–water partition coefficient (Wildman–Crippen LogP) is 3.43. The molecule has 8 heteroatoms. The van der Waals surface area contributed by atoms with Gasteiger partial charge in [-0.1, -0.05) is 42.1 Å². The second-order valence-corrected chi connectivity index (χ2v) is 9.64. The number of amides is 1. The molecule has 1 amide bonds. The van der Waals surface area contributed by atoms with Gasteiger partial charge < -0.3 is 10.1 Å². The number of aromatic nitrogens is 2. The average molecular weight is 458 g/mol. The molecule has 2 aromatic heterocycles. The number of fused-ring (bicyclic) bond motifs is 3. The van der Waals surface area contributed by atoms with Crippen LogP contribution < -0.4 is 10.9 Å². The predicted molar refractivity (Wildman–Crippen MR) is 126 cm³/mol. The van der Waals surface area contributed by atoms with Gasteiger partial charge in [-0.15, -0.1) is 11.3 Å². The second-order valence-electron chi connectivity index (χ2n) is 7.61. The number of carbonyl (C=O) groups excluding carboxylic acids is 1. The molecule has 1 aliphatic carbocycles. The number of hydrogen-bond donors (Lipinski definition) is 1. The minimum absolute atomic E-state index is 0.0302. The highest BCUT2D eigenvalue weighted by Crippen LogP contribution is 2.34. The molecular formula is C23H27N3O3S2. The Morgan fingerprint density at radius 2 is 2.06 bits per heavy atom. The third kappa shape index (κ3) is 5.19. The molecule has 0 bridgehead atoms. The SMILES string of the molecule is COCCNC(=O)CSc1nc2sc3c(c2c(=O)n1CCc1ccccc1)CCCC3. The van der Waals surface area contributed by atoms with Crippen molar-refractivity contribution in [2.45, 2.75) is 43.8 Å². The minimum atomic E-state index is -0.0866. The summed E-state index contributed by atoms with van der Waals surface area (Å²) in [6, 6.07) is 10.1. The molecule has 0 atom stereocenters. The summed E-state index contributed by atoms with van der Waals surface area (Å²) in [7, 11) is 1.60. The van der Waals surface area contributed by atoms with Crippen molar-refractivity contribution in [1.29, 1.82) is 0 Å². The molecule has 3 aromatic rings. The van der Waals surface area contributed by atoms with Crippen LogP contribution in [-0.2, 0) is 35.3 Å². The van der Waals surface area contributed by atoms with Crippen LogP contribution in [-0.4, -0.2) is 41.5 Å². The Labute approximate surface area is 190 Å². The number of rotatable bonds is 9. The zero-order chi connectivity index (χ0) is 21.6. The van der Waals surface area contributed by atoms with E-state index in [-0.39, 0.29) is 17.2 Å². The molecule has 0 radical (unpaired) electrons. The van der Waals surface area contributed by atoms with Crippen LogP contribution in [0, 0.1) is 0 Å². The lowest BCUT2D eigenvalue weighted by atomic mass is 9.97. The van der Waals surface area contributed by atoms with E-state index in [1.807, 2.05) is 18.2 Å². The fourth-order valence-corrected chi connectivity index (χ4v) is 6.04. The third-order valence-electron chi connectivity index (χ3n) is 5.47. The molecule has 1 N–H and O–H groups in total. The van der Waals surface area contributed by atoms with Gasteiger partial charge in [0.15, 0.2) is 5.16 Å². The zero-order valence-corrected chi connectivity index (χ0v) is 19.3. The molecule has 31 heavy (non-hydrogen) atoms. The number of hydrogen-bond acceptors (Lipinski definition) is 6. The maximum Gasteiger partial charge on any atom is 0.263 e. The Bertz CT molecular complexity index is 1110. The Morgan fingerprint density at radius 1 is 1.26 bits per heavy atom. The summed E-state index contributed by atoms with van der Waals surface area (Å²) in [6.45, 7) is 1.49. The Balaban J connectivity index is 1.63. The van der Waals surface area contributed by atoms with E-state index in [2.05, 4.69) is 17.4 Å². The smallest absolute Gasteiger partial charge is 0.263 e. The summed E-state index contributed by atoms with van der Waals surface area (Å²) in [5.74, 6) is 0.134. The Morgan fingerprint density at radius 3 is 2.87 bits per heavy atom. The Kier molecular flexibility index (Phi) is 7.42. The number of nitrogens with one attached hydrogen (secondary N) is 1. The summed E-state index contributed by atoms with van der Waals surface area (Å²) in [4.78, 5) is 32.7. The van der Waals surface area contributed by atoms with Gasteiger partial charge in [-0.2, -0.15) is 0 Å². The molecule has 164 valence electrons. The van der Waals surface area contributed by atoms with Crippen molar-refractivity contribution < 1.29 is 9.53 Å². The van der Waals surface area contributed by atoms with Gasteiger partial charge in [0.05, 0.1) is 17.7 Å². The molecule has 1 aliphatic rings. The van der Waals surface area contributed by atoms with E-state index in [1.165, 1.54) is 34.2 Å². The molecule has 0 saturated heterocycles. The molecular weight excluding hydrogens is 430 g/mol. The fourth-order valence-electron chi connectivity index (χ4n) is 3.89. The van der Waals surface area contributed by atoms with Crippen LogP contribution in [0.4, 0.5) is 0 Å². The standard InChI is InChI=1S/C23H27N3O3S2/c1-29-14-12-24-19(27)15-30-23-25-21-20(17-9-5-6-10-18(17)31-21)22(28)26(23)13-11-16-7-3-2-4-8-16/h2-4,7-8H,5-6,9-15H2,1H3,(H,24,27). The molecule has 0 fully saturated rings. The number of methoxy groups -OCH3 is 1. The molecule has 0 aliphatic heterocycles. The summed E-state index contributed by atoms with van der Waals surface area (Å²) >= 11 is 2.98. The second kappa shape index (κ2) is 10.4. The van der Waals surface area contributed by atoms with Gasteiger partial charge in [-0.3, -0.25) is 14.2 Å². The highest BCUT2D eigenvalue weighted by molar-refractivity contribution is 7.99. The van der Waals surface area contributed by atoms with Crippen molar-refractivity contribution >= 4 is 39.2 Å². The quantitative estimate of drug-likeness (QED) is 0.303. The molecule has 1 aromatic carbocycles. The summed E-state index contributed by atoms with van der Waals surface area (Å²) in [5, 5.41) is 4.24. The number of ether oxygens (including phenoxy) is 1. The van der Waals surface area contributed by atoms with E-state index in [0.717, 1.165) is 35.9 Å². The highest BCUT2D eigenvalue weighted by atomic mass is 32.2. The molecule has 0 spiro atoms. The average Bonchev–Trinajstić information content (AvgIpc) is 3.16. The lowest BCUT2D eigenvalue weighted by Crippen LogP contribution is -2.29. The maximum absolute atomic E-state index is 13.6. The molecule has 0 unspecified atom stereocenters. The fraction of sp³-hybridized carbons (Fsp3) is 0.435. The highest BCUT2D eigenvalue weighted by Gasteiger charge is 2.22. The largest absolute Gasteiger partial charge is 0.383 e. The first-order valence-electron chi connectivity index (χ1n) is 10.6. The minimum Gasteiger partial charge on any atom is -0.383 e. The lowest BCUT2D eigenvalue weighted by molar-refractivity contribution is -0.118. The zero-order valence-electron chi connectivity index (χ0n) is 17.7. The van der Waals surface area contributed by atoms with Crippen molar-refractivity contribution in [3.63, 3.8) is 0 Å². The van der Waals surface area contributed by atoms with Crippen LogP contribution in [0.3, 0.4) is 0 Å². The van der Waals surface area contributed by atoms with E-state index < -0.39 is 0 Å². The van der Waals surface area contributed by atoms with Gasteiger partial charge in [0.2, 0.25) is 5.91 Å². The van der Waals surface area contributed by atoms with Crippen LogP contribution in [0.5, 0.6) is 0 Å². The van der Waals surface area contributed by atoms with Gasteiger partial charge in [0, 0.05) is 25.1 Å². The first kappa shape index (κ1) is 22.0. The number of carbonyl (C=O) groups is 1. The van der Waals surface area contributed by atoms with Crippen molar-refractivity contribution in [2.24, 2.45) is 0 Å². The van der Waals surface area contributed by atoms with E-state index in [4.69, 9.17) is 9.72 Å². The van der Waals surface area contributed by atoms with Gasteiger partial charge >= 0.3 is 0 Å². The number of thiophene rings is 1. The summed E-state index contributed by atoms with van der Waals surface area (Å²) in [5.41, 5.74) is 2.41. The molecule has 4 rings (SSSR count). The van der Waals surface area contributed by atoms with E-state index in [1.54, 1.807) is 23.0 Å². The van der Waals surface area contributed by atoms with Crippen molar-refractivity contribution in [3.8, 4) is 0 Å². The van der Waals surface area contributed by atoms with Crippen LogP contribution in [0.15, 0.2) is 40.3 Å². The van der Waals surface area contributed by atoms with E-state index in [9.17, 15) is 9.59 Å². The third-order valence-corrected chi connectivity index (χ3v) is 7.63. The van der Waals surface area contributed by atoms with Gasteiger partial charge in [0.1, 0.15) is 4.83 Å². The molecule has 2 heterocycles. The summed E-state index contributed by atoms with van der Waals surface area (Å²) < 4.78 is 6.74. The maximum atomic E-state index is 13.6. The van der Waals surface area contributed by atoms with Crippen LogP contribution in [0.25, 0.3) is 10.2 Å². The van der Waals surface area contributed by atoms with E-state index >= 15 is 0 Å². The summed E-state index contributed by atoms with van der Waals surface area (Å²) in [6.07, 6.45) is 5.03. The topological polar surface area (TPSA) is 73.2 Å². The number of benzene rings is 1. The monoisotopic (exact) mass is 457 g/mol. The first-order chi connectivity index (χ1) is 15.2. The van der Waals surface area contributed by atoms with Crippen molar-refractivity contribution in [3.05, 3.63) is 56.7 Å². The van der Waals surface area contributed by atoms with Crippen molar-refractivity contribution in [1.82, 2.24) is 14.9 Å². The number of aryl methyl sites for hydroxylation is 3. The van der Waals surface area contributed by atoms with Gasteiger partial charge in [-0.05, 0) is 43.2 Å². The van der Waals surface area contributed by atoms with Crippen LogP contribution in [0.1, 0.15) is 28.8 Å². The lowest BCUT2D eigenvalue weighted by Gasteiger charge is -2.13. The molecule has 0 saturated carbocycles. The first-order valence-corrected chi connectivity index (χ1v) is 12.4. The molecule has 6 nitrogen and oxygen atoms in total. The number of thioether (sulfide) groups is 1. The van der Waals surface area contributed by atoms with Gasteiger partial charge in [-0.25, -0.2) is 4.98 Å². The normalized spacial score (nSPS) is 13.3. The van der Waals surface area contributed by atoms with Crippen molar-refractivity contribution in [2.75, 3.05) is 26.0 Å².